The van der Waals surface area contributed by atoms with Crippen molar-refractivity contribution in [3.8, 4) is 0 Å². The lowest BCUT2D eigenvalue weighted by molar-refractivity contribution is -0.384. The van der Waals surface area contributed by atoms with Gasteiger partial charge in [-0.1, -0.05) is 6.07 Å². The summed E-state index contributed by atoms with van der Waals surface area (Å²) in [5.74, 6) is -0.145. The van der Waals surface area contributed by atoms with Gasteiger partial charge in [0.05, 0.1) is 14.3 Å². The van der Waals surface area contributed by atoms with Crippen molar-refractivity contribution < 1.29 is 9.72 Å². The van der Waals surface area contributed by atoms with Gasteiger partial charge in [-0.05, 0) is 35.2 Å². The third-order valence-corrected chi connectivity index (χ3v) is 5.48. The van der Waals surface area contributed by atoms with Crippen LogP contribution < -0.4 is 14.8 Å². The fourth-order valence-electron chi connectivity index (χ4n) is 2.15. The zero-order valence-electron chi connectivity index (χ0n) is 13.0. The van der Waals surface area contributed by atoms with E-state index in [1.54, 1.807) is 37.4 Å². The maximum Gasteiger partial charge on any atom is 0.269 e. The molecule has 0 atom stereocenters. The van der Waals surface area contributed by atoms with Crippen LogP contribution in [-0.2, 0) is 7.05 Å². The van der Waals surface area contributed by atoms with E-state index in [0.717, 1.165) is 0 Å². The SMILES string of the molecule is Cn1c(=O)/c(=C\c2ccc([N+](=O)[O-])cc2)s/c1=C\C(=O)c1cccs1. The number of aromatic nitrogens is 1. The third-order valence-electron chi connectivity index (χ3n) is 3.48. The number of benzene rings is 1. The van der Waals surface area contributed by atoms with Crippen LogP contribution in [-0.4, -0.2) is 15.3 Å². The molecule has 0 aliphatic carbocycles. The number of non-ortho nitro benzene ring substituents is 1. The van der Waals surface area contributed by atoms with Crippen LogP contribution in [0, 0.1) is 10.1 Å². The van der Waals surface area contributed by atoms with Crippen LogP contribution in [0.2, 0.25) is 0 Å². The van der Waals surface area contributed by atoms with Crippen molar-refractivity contribution in [2.24, 2.45) is 7.05 Å². The average Bonchev–Trinajstić information content (AvgIpc) is 3.21. The molecule has 8 heteroatoms. The van der Waals surface area contributed by atoms with E-state index in [1.165, 1.54) is 45.4 Å². The van der Waals surface area contributed by atoms with Gasteiger partial charge in [-0.3, -0.25) is 19.7 Å². The molecule has 2 heterocycles. The highest BCUT2D eigenvalue weighted by Gasteiger charge is 2.07. The van der Waals surface area contributed by atoms with Crippen LogP contribution in [0.5, 0.6) is 0 Å². The first-order valence-corrected chi connectivity index (χ1v) is 8.87. The lowest BCUT2D eigenvalue weighted by Crippen LogP contribution is -2.29. The van der Waals surface area contributed by atoms with E-state index < -0.39 is 4.92 Å². The molecule has 0 saturated carbocycles. The number of carbonyl (C=O) groups is 1. The first kappa shape index (κ1) is 17.0. The number of nitro benzene ring substituents is 1. The monoisotopic (exact) mass is 372 g/mol. The highest BCUT2D eigenvalue weighted by molar-refractivity contribution is 7.12. The fraction of sp³-hybridized carbons (Fsp3) is 0.0588. The van der Waals surface area contributed by atoms with E-state index in [2.05, 4.69) is 0 Å². The Balaban J connectivity index is 2.03. The number of nitrogens with zero attached hydrogens (tertiary/aromatic N) is 2. The molecule has 0 bridgehead atoms. The van der Waals surface area contributed by atoms with Gasteiger partial charge in [0.1, 0.15) is 4.66 Å². The molecule has 0 radical (unpaired) electrons. The molecule has 0 aliphatic rings. The van der Waals surface area contributed by atoms with Gasteiger partial charge in [0.2, 0.25) is 0 Å². The van der Waals surface area contributed by atoms with Gasteiger partial charge in [0, 0.05) is 25.3 Å². The van der Waals surface area contributed by atoms with Crippen LogP contribution in [0.25, 0.3) is 12.2 Å². The number of ketones is 1. The Kier molecular flexibility index (Phi) is 4.73. The minimum Gasteiger partial charge on any atom is -0.302 e. The number of hydrogen-bond donors (Lipinski definition) is 0. The molecular formula is C17H12N2O4S2. The molecule has 2 aromatic heterocycles. The first-order valence-electron chi connectivity index (χ1n) is 7.17. The zero-order chi connectivity index (χ0) is 18.0. The summed E-state index contributed by atoms with van der Waals surface area (Å²) in [6.07, 6.45) is 3.11. The smallest absolute Gasteiger partial charge is 0.269 e. The quantitative estimate of drug-likeness (QED) is 0.398. The van der Waals surface area contributed by atoms with Crippen LogP contribution in [0.3, 0.4) is 0 Å². The molecule has 0 saturated heterocycles. The van der Waals surface area contributed by atoms with Crippen molar-refractivity contribution >= 4 is 46.3 Å². The van der Waals surface area contributed by atoms with Crippen molar-refractivity contribution in [1.82, 2.24) is 4.57 Å². The van der Waals surface area contributed by atoms with E-state index in [-0.39, 0.29) is 17.0 Å². The number of thiazole rings is 1. The number of nitro groups is 1. The molecule has 25 heavy (non-hydrogen) atoms. The standard InChI is InChI=1S/C17H12N2O4S2/c1-18-16(10-13(20)14-3-2-8-24-14)25-15(17(18)21)9-11-4-6-12(7-5-11)19(22)23/h2-10H,1H3/b15-9+,16-10-. The number of rotatable bonds is 4. The summed E-state index contributed by atoms with van der Waals surface area (Å²) >= 11 is 2.55. The summed E-state index contributed by atoms with van der Waals surface area (Å²) in [5, 5.41) is 12.5. The summed E-state index contributed by atoms with van der Waals surface area (Å²) in [5.41, 5.74) is 0.459. The van der Waals surface area contributed by atoms with Gasteiger partial charge in [-0.15, -0.1) is 22.7 Å². The number of Topliss-reactive ketones (excluding diaryl/α,β-unsaturated/α-hetero) is 1. The summed E-state index contributed by atoms with van der Waals surface area (Å²) < 4.78 is 2.44. The van der Waals surface area contributed by atoms with Gasteiger partial charge < -0.3 is 4.57 Å². The van der Waals surface area contributed by atoms with Gasteiger partial charge in [0.25, 0.3) is 11.2 Å². The van der Waals surface area contributed by atoms with Gasteiger partial charge in [0.15, 0.2) is 5.78 Å². The number of thiophene rings is 1. The molecule has 126 valence electrons. The Hall–Kier alpha value is -2.84. The molecule has 6 nitrogen and oxygen atoms in total. The second kappa shape index (κ2) is 6.96. The normalized spacial score (nSPS) is 12.5. The molecule has 0 aliphatic heterocycles. The predicted octanol–water partition coefficient (Wildman–Crippen LogP) is 1.91. The van der Waals surface area contributed by atoms with Crippen molar-refractivity contribution in [3.05, 3.63) is 81.9 Å². The van der Waals surface area contributed by atoms with Gasteiger partial charge >= 0.3 is 0 Å². The largest absolute Gasteiger partial charge is 0.302 e. The Morgan fingerprint density at radius 3 is 2.56 bits per heavy atom. The van der Waals surface area contributed by atoms with Crippen LogP contribution in [0.15, 0.2) is 46.6 Å². The Bertz CT molecular complexity index is 1110. The molecular weight excluding hydrogens is 360 g/mol. The highest BCUT2D eigenvalue weighted by atomic mass is 32.1. The first-order chi connectivity index (χ1) is 12.0. The van der Waals surface area contributed by atoms with Crippen molar-refractivity contribution in [1.29, 1.82) is 0 Å². The summed E-state index contributed by atoms with van der Waals surface area (Å²) in [4.78, 5) is 35.3. The Labute approximate surface area is 149 Å². The second-order valence-electron chi connectivity index (χ2n) is 5.15. The average molecular weight is 372 g/mol. The fourth-order valence-corrected chi connectivity index (χ4v) is 3.82. The molecule has 3 aromatic rings. The molecule has 0 N–H and O–H groups in total. The maximum atomic E-state index is 12.3. The van der Waals surface area contributed by atoms with E-state index in [0.29, 0.717) is 19.6 Å². The van der Waals surface area contributed by atoms with E-state index >= 15 is 0 Å². The van der Waals surface area contributed by atoms with E-state index in [1.807, 2.05) is 5.38 Å². The third kappa shape index (κ3) is 3.65. The molecule has 0 fully saturated rings. The summed E-state index contributed by atoms with van der Waals surface area (Å²) in [6.45, 7) is 0. The second-order valence-corrected chi connectivity index (χ2v) is 7.16. The van der Waals surface area contributed by atoms with Gasteiger partial charge in [-0.25, -0.2) is 0 Å². The van der Waals surface area contributed by atoms with Crippen LogP contribution >= 0.6 is 22.7 Å². The van der Waals surface area contributed by atoms with Crippen molar-refractivity contribution in [2.45, 2.75) is 0 Å². The zero-order valence-corrected chi connectivity index (χ0v) is 14.7. The summed E-state index contributed by atoms with van der Waals surface area (Å²) in [6, 6.07) is 9.47. The predicted molar refractivity (Wildman–Crippen MR) is 98.6 cm³/mol. The highest BCUT2D eigenvalue weighted by Crippen LogP contribution is 2.12. The molecule has 1 aromatic carbocycles. The van der Waals surface area contributed by atoms with E-state index in [9.17, 15) is 19.7 Å². The lowest BCUT2D eigenvalue weighted by atomic mass is 10.2. The van der Waals surface area contributed by atoms with Crippen molar-refractivity contribution in [3.63, 3.8) is 0 Å². The lowest BCUT2D eigenvalue weighted by Gasteiger charge is -1.92. The number of carbonyl (C=O) groups excluding carboxylic acids is 1. The van der Waals surface area contributed by atoms with E-state index in [4.69, 9.17) is 0 Å². The minimum atomic E-state index is -0.475. The molecule has 0 spiro atoms. The Morgan fingerprint density at radius 2 is 1.96 bits per heavy atom. The Morgan fingerprint density at radius 1 is 1.24 bits per heavy atom. The van der Waals surface area contributed by atoms with Crippen LogP contribution in [0.4, 0.5) is 5.69 Å². The van der Waals surface area contributed by atoms with Crippen LogP contribution in [0.1, 0.15) is 15.2 Å². The molecule has 0 amide bonds. The molecule has 0 unspecified atom stereocenters. The molecule has 3 rings (SSSR count). The summed E-state index contributed by atoms with van der Waals surface area (Å²) in [7, 11) is 1.61. The van der Waals surface area contributed by atoms with Gasteiger partial charge in [-0.2, -0.15) is 0 Å². The maximum absolute atomic E-state index is 12.3. The van der Waals surface area contributed by atoms with Crippen molar-refractivity contribution in [2.75, 3.05) is 0 Å². The minimum absolute atomic E-state index is 0.00759. The number of hydrogen-bond acceptors (Lipinski definition) is 6. The topological polar surface area (TPSA) is 82.2 Å².